The van der Waals surface area contributed by atoms with Gasteiger partial charge in [0.15, 0.2) is 29.3 Å². The van der Waals surface area contributed by atoms with E-state index in [0.717, 1.165) is 0 Å². The maximum absolute atomic E-state index is 12.0. The molecule has 0 aliphatic carbocycles. The monoisotopic (exact) mass is 590 g/mol. The van der Waals surface area contributed by atoms with Crippen LogP contribution in [0.25, 0.3) is 0 Å². The standard InChI is InChI=1S/C29H38N2O11/c32-22-23-19-25(21-28-29(23)42-18-14-38-10-6-34-5-9-37-13-17-41-28)31-30-24-1-2-26-27(20-24)40-16-12-36-8-4-33-3-7-35-11-15-39-26/h1-2,19-22H,3-18H2. The van der Waals surface area contributed by atoms with Gasteiger partial charge in [-0.1, -0.05) is 0 Å². The molecule has 2 aliphatic rings. The van der Waals surface area contributed by atoms with Crippen LogP contribution in [0, 0.1) is 0 Å². The van der Waals surface area contributed by atoms with Gasteiger partial charge < -0.3 is 47.4 Å². The number of azo groups is 1. The second-order valence-corrected chi connectivity index (χ2v) is 8.88. The zero-order valence-corrected chi connectivity index (χ0v) is 23.7. The molecule has 13 heteroatoms. The van der Waals surface area contributed by atoms with Gasteiger partial charge in [0.2, 0.25) is 0 Å². The van der Waals surface area contributed by atoms with Gasteiger partial charge in [-0.25, -0.2) is 0 Å². The van der Waals surface area contributed by atoms with Crippen LogP contribution in [0.1, 0.15) is 10.4 Å². The molecule has 0 saturated carbocycles. The number of rotatable bonds is 3. The van der Waals surface area contributed by atoms with Crippen molar-refractivity contribution in [2.24, 2.45) is 10.2 Å². The number of ether oxygens (including phenoxy) is 10. The highest BCUT2D eigenvalue weighted by Crippen LogP contribution is 2.37. The van der Waals surface area contributed by atoms with E-state index >= 15 is 0 Å². The number of nitrogens with zero attached hydrogens (tertiary/aromatic N) is 2. The number of hydrogen-bond acceptors (Lipinski definition) is 13. The van der Waals surface area contributed by atoms with E-state index in [-0.39, 0.29) is 18.8 Å². The summed E-state index contributed by atoms with van der Waals surface area (Å²) in [4.78, 5) is 12.0. The second-order valence-electron chi connectivity index (χ2n) is 8.88. The van der Waals surface area contributed by atoms with Gasteiger partial charge in [0.05, 0.1) is 96.2 Å². The van der Waals surface area contributed by atoms with Gasteiger partial charge in [0.25, 0.3) is 0 Å². The van der Waals surface area contributed by atoms with Crippen molar-refractivity contribution < 1.29 is 52.2 Å². The van der Waals surface area contributed by atoms with Gasteiger partial charge in [-0.15, -0.1) is 0 Å². The molecule has 42 heavy (non-hydrogen) atoms. The van der Waals surface area contributed by atoms with Crippen molar-refractivity contribution in [2.75, 3.05) is 106 Å². The van der Waals surface area contributed by atoms with Crippen LogP contribution in [0.3, 0.4) is 0 Å². The van der Waals surface area contributed by atoms with Crippen molar-refractivity contribution in [2.45, 2.75) is 0 Å². The fourth-order valence-corrected chi connectivity index (χ4v) is 3.84. The van der Waals surface area contributed by atoms with Crippen molar-refractivity contribution in [3.63, 3.8) is 0 Å². The van der Waals surface area contributed by atoms with Gasteiger partial charge in [-0.3, -0.25) is 4.79 Å². The molecule has 0 spiro atoms. The summed E-state index contributed by atoms with van der Waals surface area (Å²) in [6.07, 6.45) is 0.692. The molecular formula is C29H38N2O11. The highest BCUT2D eigenvalue weighted by molar-refractivity contribution is 5.83. The molecule has 2 aromatic carbocycles. The predicted molar refractivity (Wildman–Crippen MR) is 149 cm³/mol. The zero-order chi connectivity index (χ0) is 29.1. The highest BCUT2D eigenvalue weighted by atomic mass is 16.6. The van der Waals surface area contributed by atoms with Crippen molar-refractivity contribution in [3.8, 4) is 23.0 Å². The molecule has 230 valence electrons. The van der Waals surface area contributed by atoms with Crippen LogP contribution >= 0.6 is 0 Å². The molecule has 0 atom stereocenters. The first-order chi connectivity index (χ1) is 20.8. The summed E-state index contributed by atoms with van der Waals surface area (Å²) in [5.74, 6) is 1.72. The fourth-order valence-electron chi connectivity index (χ4n) is 3.84. The van der Waals surface area contributed by atoms with E-state index in [1.54, 1.807) is 30.3 Å². The minimum absolute atomic E-state index is 0.233. The molecule has 4 rings (SSSR count). The topological polar surface area (TPSA) is 134 Å². The van der Waals surface area contributed by atoms with E-state index in [1.165, 1.54) is 0 Å². The lowest BCUT2D eigenvalue weighted by molar-refractivity contribution is 0.00707. The quantitative estimate of drug-likeness (QED) is 0.384. The minimum Gasteiger partial charge on any atom is -0.487 e. The number of carbonyl (C=O) groups is 1. The Morgan fingerprint density at radius 2 is 0.881 bits per heavy atom. The maximum Gasteiger partial charge on any atom is 0.171 e. The van der Waals surface area contributed by atoms with E-state index in [4.69, 9.17) is 47.4 Å². The van der Waals surface area contributed by atoms with E-state index in [9.17, 15) is 4.79 Å². The Balaban J connectivity index is 1.48. The number of aldehydes is 1. The lowest BCUT2D eigenvalue weighted by Gasteiger charge is -2.15. The average molecular weight is 591 g/mol. The van der Waals surface area contributed by atoms with Crippen molar-refractivity contribution in [3.05, 3.63) is 35.9 Å². The lowest BCUT2D eigenvalue weighted by atomic mass is 10.1. The molecule has 2 heterocycles. The van der Waals surface area contributed by atoms with Crippen LogP contribution in [-0.4, -0.2) is 112 Å². The average Bonchev–Trinajstić information content (AvgIpc) is 3.02. The normalized spacial score (nSPS) is 19.0. The molecule has 0 bridgehead atoms. The molecule has 0 aromatic heterocycles. The largest absolute Gasteiger partial charge is 0.487 e. The Bertz CT molecular complexity index is 1120. The van der Waals surface area contributed by atoms with E-state index in [1.807, 2.05) is 0 Å². The van der Waals surface area contributed by atoms with E-state index in [2.05, 4.69) is 10.2 Å². The van der Waals surface area contributed by atoms with Crippen molar-refractivity contribution >= 4 is 17.7 Å². The molecule has 2 aliphatic heterocycles. The van der Waals surface area contributed by atoms with Gasteiger partial charge in [-0.05, 0) is 18.2 Å². The van der Waals surface area contributed by atoms with Crippen LogP contribution in [0.5, 0.6) is 23.0 Å². The van der Waals surface area contributed by atoms with Crippen molar-refractivity contribution in [1.82, 2.24) is 0 Å². The summed E-state index contributed by atoms with van der Waals surface area (Å²) in [5.41, 5.74) is 1.21. The van der Waals surface area contributed by atoms with Crippen LogP contribution < -0.4 is 18.9 Å². The Hall–Kier alpha value is -3.33. The summed E-state index contributed by atoms with van der Waals surface area (Å²) < 4.78 is 56.5. The van der Waals surface area contributed by atoms with E-state index < -0.39 is 0 Å². The molecular weight excluding hydrogens is 552 g/mol. The Labute approximate surface area is 244 Å². The first-order valence-electron chi connectivity index (χ1n) is 14.0. The first kappa shape index (κ1) is 31.6. The maximum atomic E-state index is 12.0. The van der Waals surface area contributed by atoms with Gasteiger partial charge >= 0.3 is 0 Å². The third-order valence-corrected chi connectivity index (χ3v) is 5.82. The molecule has 0 radical (unpaired) electrons. The van der Waals surface area contributed by atoms with Crippen LogP contribution in [0.2, 0.25) is 0 Å². The Kier molecular flexibility index (Phi) is 14.3. The van der Waals surface area contributed by atoms with Crippen molar-refractivity contribution in [1.29, 1.82) is 0 Å². The van der Waals surface area contributed by atoms with Crippen LogP contribution in [-0.2, 0) is 28.4 Å². The second kappa shape index (κ2) is 19.0. The SMILES string of the molecule is O=Cc1cc(N=Nc2ccc3c(c2)OCCOCCOCCOCCO3)cc2c1OCCOCCOCCOCCO2. The highest BCUT2D eigenvalue weighted by Gasteiger charge is 2.15. The minimum atomic E-state index is 0.233. The molecule has 0 unspecified atom stereocenters. The molecule has 0 amide bonds. The molecule has 13 nitrogen and oxygen atoms in total. The Morgan fingerprint density at radius 3 is 1.43 bits per heavy atom. The first-order valence-corrected chi connectivity index (χ1v) is 14.0. The molecule has 2 aromatic rings. The van der Waals surface area contributed by atoms with Gasteiger partial charge in [-0.2, -0.15) is 10.2 Å². The number of benzene rings is 2. The molecule has 0 N–H and O–H groups in total. The summed E-state index contributed by atoms with van der Waals surface area (Å²) >= 11 is 0. The molecule has 0 saturated heterocycles. The van der Waals surface area contributed by atoms with E-state index in [0.29, 0.717) is 133 Å². The summed E-state index contributed by atoms with van der Waals surface area (Å²) in [6.45, 7) is 6.36. The third-order valence-electron chi connectivity index (χ3n) is 5.82. The zero-order valence-electron chi connectivity index (χ0n) is 23.7. The fraction of sp³-hybridized carbons (Fsp3) is 0.552. The lowest BCUT2D eigenvalue weighted by Crippen LogP contribution is -2.13. The summed E-state index contributed by atoms with van der Waals surface area (Å²) in [5, 5.41) is 8.71. The van der Waals surface area contributed by atoms with Crippen LogP contribution in [0.15, 0.2) is 40.6 Å². The van der Waals surface area contributed by atoms with Gasteiger partial charge in [0.1, 0.15) is 26.4 Å². The van der Waals surface area contributed by atoms with Gasteiger partial charge in [0, 0.05) is 12.1 Å². The molecule has 0 fully saturated rings. The number of fused-ring (bicyclic) bond motifs is 2. The summed E-state index contributed by atoms with van der Waals surface area (Å²) in [6, 6.07) is 8.49. The number of hydrogen-bond donors (Lipinski definition) is 0. The number of carbonyl (C=O) groups excluding carboxylic acids is 1. The summed E-state index contributed by atoms with van der Waals surface area (Å²) in [7, 11) is 0. The third kappa shape index (κ3) is 11.2. The smallest absolute Gasteiger partial charge is 0.171 e. The predicted octanol–water partition coefficient (Wildman–Crippen LogP) is 3.56. The van der Waals surface area contributed by atoms with Crippen LogP contribution in [0.4, 0.5) is 11.4 Å². The Morgan fingerprint density at radius 1 is 0.452 bits per heavy atom.